The van der Waals surface area contributed by atoms with Gasteiger partial charge >= 0.3 is 5.97 Å². The molecule has 0 aliphatic heterocycles. The summed E-state index contributed by atoms with van der Waals surface area (Å²) in [5.41, 5.74) is 0.486. The number of hydrogen-bond acceptors (Lipinski definition) is 2. The van der Waals surface area contributed by atoms with Crippen LogP contribution in [0.4, 0.5) is 0 Å². The van der Waals surface area contributed by atoms with Gasteiger partial charge in [0.25, 0.3) is 0 Å². The quantitative estimate of drug-likeness (QED) is 0.220. The van der Waals surface area contributed by atoms with Gasteiger partial charge in [-0.15, -0.1) is 0 Å². The highest BCUT2D eigenvalue weighted by Crippen LogP contribution is 2.10. The van der Waals surface area contributed by atoms with Crippen LogP contribution < -0.4 is 12.4 Å². The van der Waals surface area contributed by atoms with E-state index >= 15 is 0 Å². The summed E-state index contributed by atoms with van der Waals surface area (Å²) in [4.78, 5) is 11.1. The average molecular weight is 334 g/mol. The minimum absolute atomic E-state index is 0. The highest BCUT2D eigenvalue weighted by Gasteiger charge is 2.05. The maximum Gasteiger partial charge on any atom is 0.333 e. The van der Waals surface area contributed by atoms with Crippen LogP contribution in [0.15, 0.2) is 12.2 Å². The lowest BCUT2D eigenvalue weighted by Crippen LogP contribution is -3.00. The van der Waals surface area contributed by atoms with Crippen molar-refractivity contribution in [1.82, 2.24) is 0 Å². The van der Waals surface area contributed by atoms with Crippen molar-refractivity contribution in [2.24, 2.45) is 0 Å². The van der Waals surface area contributed by atoms with E-state index in [1.807, 2.05) is 0 Å². The van der Waals surface area contributed by atoms with Crippen LogP contribution in [0.2, 0.25) is 0 Å². The minimum atomic E-state index is -0.260. The number of esters is 1. The summed E-state index contributed by atoms with van der Waals surface area (Å²) in [5, 5.41) is 0. The van der Waals surface area contributed by atoms with Crippen molar-refractivity contribution in [2.45, 2.75) is 64.7 Å². The molecule has 0 radical (unpaired) electrons. The van der Waals surface area contributed by atoms with Crippen molar-refractivity contribution in [2.75, 3.05) is 34.3 Å². The molecule has 0 heterocycles. The van der Waals surface area contributed by atoms with E-state index in [1.165, 1.54) is 51.5 Å². The molecule has 0 rings (SSSR count). The molecule has 0 bridgehead atoms. The zero-order valence-electron chi connectivity index (χ0n) is 15.1. The van der Waals surface area contributed by atoms with Crippen LogP contribution in [-0.4, -0.2) is 44.7 Å². The molecule has 0 aromatic heterocycles. The topological polar surface area (TPSA) is 26.3 Å². The highest BCUT2D eigenvalue weighted by atomic mass is 35.5. The molecule has 0 unspecified atom stereocenters. The maximum absolute atomic E-state index is 11.1. The van der Waals surface area contributed by atoms with E-state index in [0.717, 1.165) is 17.3 Å². The molecule has 0 aromatic rings. The van der Waals surface area contributed by atoms with Crippen LogP contribution in [0.1, 0.15) is 64.7 Å². The van der Waals surface area contributed by atoms with Gasteiger partial charge in [0.15, 0.2) is 0 Å². The summed E-state index contributed by atoms with van der Waals surface area (Å²) in [5.74, 6) is -0.260. The molecule has 3 nitrogen and oxygen atoms in total. The van der Waals surface area contributed by atoms with E-state index in [-0.39, 0.29) is 18.4 Å². The molecule has 132 valence electrons. The lowest BCUT2D eigenvalue weighted by molar-refractivity contribution is -0.870. The Morgan fingerprint density at radius 3 is 1.68 bits per heavy atom. The van der Waals surface area contributed by atoms with E-state index < -0.39 is 0 Å². The lowest BCUT2D eigenvalue weighted by Gasteiger charge is -2.23. The second kappa shape index (κ2) is 14.1. The number of rotatable bonds is 13. The Morgan fingerprint density at radius 2 is 1.27 bits per heavy atom. The SMILES string of the molecule is C=C(C)C(=O)OCCCCCCCCCCC[N+](C)(C)C.[Cl-]. The fourth-order valence-electron chi connectivity index (χ4n) is 2.21. The van der Waals surface area contributed by atoms with Gasteiger partial charge in [-0.25, -0.2) is 4.79 Å². The average Bonchev–Trinajstić information content (AvgIpc) is 2.38. The zero-order valence-corrected chi connectivity index (χ0v) is 15.9. The van der Waals surface area contributed by atoms with E-state index in [2.05, 4.69) is 27.7 Å². The zero-order chi connectivity index (χ0) is 16.1. The van der Waals surface area contributed by atoms with Crippen molar-refractivity contribution in [3.8, 4) is 0 Å². The first-order chi connectivity index (χ1) is 9.83. The summed E-state index contributed by atoms with van der Waals surface area (Å²) in [7, 11) is 6.77. The fraction of sp³-hybridized carbons (Fsp3) is 0.833. The Morgan fingerprint density at radius 1 is 0.864 bits per heavy atom. The van der Waals surface area contributed by atoms with Crippen molar-refractivity contribution in [3.63, 3.8) is 0 Å². The lowest BCUT2D eigenvalue weighted by atomic mass is 10.1. The Kier molecular flexibility index (Phi) is 15.2. The van der Waals surface area contributed by atoms with Gasteiger partial charge in [-0.1, -0.05) is 45.1 Å². The molecular weight excluding hydrogens is 298 g/mol. The number of quaternary nitrogens is 1. The standard InChI is InChI=1S/C18H36NO2.ClH/c1-17(2)18(20)21-16-14-12-10-8-6-7-9-11-13-15-19(3,4)5;/h1,6-16H2,2-5H3;1H/q+1;/p-1. The number of nitrogens with zero attached hydrogens (tertiary/aromatic N) is 1. The first-order valence-electron chi connectivity index (χ1n) is 8.46. The number of unbranched alkanes of at least 4 members (excludes halogenated alkanes) is 8. The Hall–Kier alpha value is -0.540. The molecule has 0 atom stereocenters. The number of ether oxygens (including phenoxy) is 1. The predicted molar refractivity (Wildman–Crippen MR) is 90.2 cm³/mol. The van der Waals surface area contributed by atoms with E-state index in [9.17, 15) is 4.79 Å². The minimum Gasteiger partial charge on any atom is -1.00 e. The predicted octanol–water partition coefficient (Wildman–Crippen LogP) is 1.33. The van der Waals surface area contributed by atoms with E-state index in [4.69, 9.17) is 4.74 Å². The number of carbonyl (C=O) groups excluding carboxylic acids is 1. The van der Waals surface area contributed by atoms with Gasteiger partial charge < -0.3 is 21.6 Å². The van der Waals surface area contributed by atoms with Crippen LogP contribution in [0.5, 0.6) is 0 Å². The second-order valence-electron chi connectivity index (χ2n) is 7.11. The molecule has 0 spiro atoms. The molecule has 0 amide bonds. The molecule has 22 heavy (non-hydrogen) atoms. The van der Waals surface area contributed by atoms with Crippen LogP contribution in [0, 0.1) is 0 Å². The third kappa shape index (κ3) is 17.5. The van der Waals surface area contributed by atoms with Crippen molar-refractivity contribution >= 4 is 5.97 Å². The van der Waals surface area contributed by atoms with Gasteiger partial charge in [-0.2, -0.15) is 0 Å². The van der Waals surface area contributed by atoms with Crippen LogP contribution in [0.25, 0.3) is 0 Å². The van der Waals surface area contributed by atoms with Gasteiger partial charge in [0, 0.05) is 5.57 Å². The molecule has 0 fully saturated rings. The third-order valence-corrected chi connectivity index (χ3v) is 3.55. The molecule has 0 aliphatic carbocycles. The number of hydrogen-bond donors (Lipinski definition) is 0. The molecule has 0 aliphatic rings. The third-order valence-electron chi connectivity index (χ3n) is 3.55. The summed E-state index contributed by atoms with van der Waals surface area (Å²) in [6.07, 6.45) is 11.5. The smallest absolute Gasteiger partial charge is 0.333 e. The van der Waals surface area contributed by atoms with Crippen molar-refractivity contribution in [3.05, 3.63) is 12.2 Å². The van der Waals surface area contributed by atoms with Gasteiger partial charge in [-0.3, -0.25) is 0 Å². The summed E-state index contributed by atoms with van der Waals surface area (Å²) in [6, 6.07) is 0. The van der Waals surface area contributed by atoms with E-state index in [0.29, 0.717) is 12.2 Å². The molecular formula is C18H36ClNO2. The molecule has 0 N–H and O–H groups in total. The van der Waals surface area contributed by atoms with Gasteiger partial charge in [0.05, 0.1) is 34.3 Å². The fourth-order valence-corrected chi connectivity index (χ4v) is 2.21. The van der Waals surface area contributed by atoms with Crippen molar-refractivity contribution < 1.29 is 26.4 Å². The van der Waals surface area contributed by atoms with Crippen LogP contribution in [0.3, 0.4) is 0 Å². The molecule has 0 aromatic carbocycles. The first kappa shape index (κ1) is 23.7. The Bertz CT molecular complexity index is 298. The van der Waals surface area contributed by atoms with Gasteiger partial charge in [0.1, 0.15) is 0 Å². The molecule has 0 saturated heterocycles. The number of carbonyl (C=O) groups is 1. The second-order valence-corrected chi connectivity index (χ2v) is 7.11. The Balaban J connectivity index is 0. The first-order valence-corrected chi connectivity index (χ1v) is 8.46. The molecule has 0 saturated carbocycles. The summed E-state index contributed by atoms with van der Waals surface area (Å²) >= 11 is 0. The molecule has 4 heteroatoms. The highest BCUT2D eigenvalue weighted by molar-refractivity contribution is 5.86. The summed E-state index contributed by atoms with van der Waals surface area (Å²) < 4.78 is 6.14. The van der Waals surface area contributed by atoms with Gasteiger partial charge in [0.2, 0.25) is 0 Å². The Labute approximate surface area is 144 Å². The van der Waals surface area contributed by atoms with Crippen molar-refractivity contribution in [1.29, 1.82) is 0 Å². The normalized spacial score (nSPS) is 10.9. The van der Waals surface area contributed by atoms with Crippen LogP contribution >= 0.6 is 0 Å². The van der Waals surface area contributed by atoms with Crippen LogP contribution in [-0.2, 0) is 9.53 Å². The van der Waals surface area contributed by atoms with Gasteiger partial charge in [-0.05, 0) is 26.2 Å². The number of halogens is 1. The summed E-state index contributed by atoms with van der Waals surface area (Å²) in [6.45, 7) is 7.07. The largest absolute Gasteiger partial charge is 1.00 e. The van der Waals surface area contributed by atoms with E-state index in [1.54, 1.807) is 6.92 Å². The maximum atomic E-state index is 11.1. The monoisotopic (exact) mass is 333 g/mol.